The summed E-state index contributed by atoms with van der Waals surface area (Å²) in [6.45, 7) is 1.77. The Bertz CT molecular complexity index is 685. The second-order valence-corrected chi connectivity index (χ2v) is 4.52. The highest BCUT2D eigenvalue weighted by Crippen LogP contribution is 2.34. The Balaban J connectivity index is 2.36. The number of nitro groups is 1. The normalized spacial score (nSPS) is 10.1. The van der Waals surface area contributed by atoms with Crippen LogP contribution in [0, 0.1) is 17.0 Å². The minimum Gasteiger partial charge on any atom is -0.455 e. The third-order valence-electron chi connectivity index (χ3n) is 2.68. The third kappa shape index (κ3) is 2.95. The van der Waals surface area contributed by atoms with Crippen LogP contribution in [0.3, 0.4) is 0 Å². The molecule has 2 aromatic carbocycles. The summed E-state index contributed by atoms with van der Waals surface area (Å²) in [7, 11) is 0. The van der Waals surface area contributed by atoms with Crippen LogP contribution in [0.5, 0.6) is 11.5 Å². The predicted octanol–water partition coefficient (Wildman–Crippen LogP) is 4.16. The smallest absolute Gasteiger partial charge is 0.273 e. The molecule has 0 heterocycles. The standard InChI is InChI=1S/C14H10ClNO4/c1-9-6-10(8-17)2-5-13(9)20-14-7-11(16(18)19)3-4-12(14)15/h2-8H,1H3. The molecule has 0 spiro atoms. The number of nitro benzene ring substituents is 1. The SMILES string of the molecule is Cc1cc(C=O)ccc1Oc1cc([N+](=O)[O-])ccc1Cl. The molecule has 0 atom stereocenters. The Morgan fingerprint density at radius 2 is 1.95 bits per heavy atom. The zero-order chi connectivity index (χ0) is 14.7. The number of ether oxygens (including phenoxy) is 1. The van der Waals surface area contributed by atoms with Crippen LogP contribution < -0.4 is 4.74 Å². The number of hydrogen-bond donors (Lipinski definition) is 0. The number of aryl methyl sites for hydroxylation is 1. The Hall–Kier alpha value is -2.40. The summed E-state index contributed by atoms with van der Waals surface area (Å²) in [5, 5.41) is 11.0. The topological polar surface area (TPSA) is 69.4 Å². The lowest BCUT2D eigenvalue weighted by molar-refractivity contribution is -0.384. The molecule has 102 valence electrons. The second kappa shape index (κ2) is 5.71. The molecule has 0 amide bonds. The Morgan fingerprint density at radius 1 is 1.20 bits per heavy atom. The number of carbonyl (C=O) groups excluding carboxylic acids is 1. The minimum atomic E-state index is -0.522. The number of benzene rings is 2. The van der Waals surface area contributed by atoms with Crippen molar-refractivity contribution in [2.45, 2.75) is 6.92 Å². The Labute approximate surface area is 119 Å². The van der Waals surface area contributed by atoms with E-state index in [1.165, 1.54) is 18.2 Å². The minimum absolute atomic E-state index is 0.105. The number of halogens is 1. The number of carbonyl (C=O) groups is 1. The first kappa shape index (κ1) is 14.0. The monoisotopic (exact) mass is 291 g/mol. The molecule has 2 rings (SSSR count). The molecule has 5 nitrogen and oxygen atoms in total. The van der Waals surface area contributed by atoms with Gasteiger partial charge in [-0.25, -0.2) is 0 Å². The fourth-order valence-corrected chi connectivity index (χ4v) is 1.82. The van der Waals surface area contributed by atoms with Crippen LogP contribution in [0.2, 0.25) is 5.02 Å². The average Bonchev–Trinajstić information content (AvgIpc) is 2.42. The van der Waals surface area contributed by atoms with Crippen LogP contribution in [-0.2, 0) is 0 Å². The molecule has 0 aliphatic heterocycles. The Kier molecular flexibility index (Phi) is 4.00. The number of aldehydes is 1. The molecule has 0 bridgehead atoms. The summed E-state index contributed by atoms with van der Waals surface area (Å²) in [4.78, 5) is 20.9. The molecule has 0 radical (unpaired) electrons. The van der Waals surface area contributed by atoms with Crippen molar-refractivity contribution in [2.75, 3.05) is 0 Å². The maximum absolute atomic E-state index is 10.7. The third-order valence-corrected chi connectivity index (χ3v) is 2.99. The molecule has 0 saturated heterocycles. The summed E-state index contributed by atoms with van der Waals surface area (Å²) in [6.07, 6.45) is 0.733. The van der Waals surface area contributed by atoms with E-state index in [0.29, 0.717) is 11.3 Å². The van der Waals surface area contributed by atoms with Gasteiger partial charge in [0, 0.05) is 11.6 Å². The van der Waals surface area contributed by atoms with Crippen LogP contribution in [-0.4, -0.2) is 11.2 Å². The number of hydrogen-bond acceptors (Lipinski definition) is 4. The van der Waals surface area contributed by atoms with Gasteiger partial charge in [0.05, 0.1) is 16.0 Å². The Morgan fingerprint density at radius 3 is 2.55 bits per heavy atom. The summed E-state index contributed by atoms with van der Waals surface area (Å²) in [6, 6.07) is 8.85. The first-order valence-corrected chi connectivity index (χ1v) is 6.06. The van der Waals surface area contributed by atoms with Crippen LogP contribution in [0.15, 0.2) is 36.4 Å². The van der Waals surface area contributed by atoms with Gasteiger partial charge in [-0.05, 0) is 36.8 Å². The van der Waals surface area contributed by atoms with E-state index in [-0.39, 0.29) is 16.5 Å². The van der Waals surface area contributed by atoms with Crippen molar-refractivity contribution in [1.29, 1.82) is 0 Å². The number of nitrogens with zero attached hydrogens (tertiary/aromatic N) is 1. The summed E-state index contributed by atoms with van der Waals surface area (Å²) < 4.78 is 5.58. The highest BCUT2D eigenvalue weighted by atomic mass is 35.5. The number of non-ortho nitro benzene ring substituents is 1. The summed E-state index contributed by atoms with van der Waals surface area (Å²) in [5.74, 6) is 0.681. The van der Waals surface area contributed by atoms with Crippen LogP contribution in [0.25, 0.3) is 0 Å². The largest absolute Gasteiger partial charge is 0.455 e. The molecular formula is C14H10ClNO4. The molecule has 6 heteroatoms. The van der Waals surface area contributed by atoms with Crippen molar-refractivity contribution in [1.82, 2.24) is 0 Å². The van der Waals surface area contributed by atoms with Gasteiger partial charge in [-0.3, -0.25) is 14.9 Å². The van der Waals surface area contributed by atoms with E-state index in [9.17, 15) is 14.9 Å². The maximum atomic E-state index is 10.7. The highest BCUT2D eigenvalue weighted by Gasteiger charge is 2.12. The van der Waals surface area contributed by atoms with Crippen molar-refractivity contribution < 1.29 is 14.5 Å². The van der Waals surface area contributed by atoms with Crippen molar-refractivity contribution >= 4 is 23.6 Å². The van der Waals surface area contributed by atoms with Gasteiger partial charge in [0.1, 0.15) is 12.0 Å². The van der Waals surface area contributed by atoms with Gasteiger partial charge in [0.2, 0.25) is 0 Å². The zero-order valence-electron chi connectivity index (χ0n) is 10.5. The van der Waals surface area contributed by atoms with Crippen LogP contribution in [0.4, 0.5) is 5.69 Å². The van der Waals surface area contributed by atoms with E-state index >= 15 is 0 Å². The van der Waals surface area contributed by atoms with Gasteiger partial charge < -0.3 is 4.74 Å². The van der Waals surface area contributed by atoms with Crippen molar-refractivity contribution in [3.8, 4) is 11.5 Å². The molecule has 0 fully saturated rings. The van der Waals surface area contributed by atoms with Gasteiger partial charge in [0.15, 0.2) is 5.75 Å². The molecule has 0 unspecified atom stereocenters. The van der Waals surface area contributed by atoms with Gasteiger partial charge in [-0.1, -0.05) is 11.6 Å². The van der Waals surface area contributed by atoms with E-state index in [0.717, 1.165) is 11.8 Å². The van der Waals surface area contributed by atoms with E-state index in [1.807, 2.05) is 0 Å². The molecular weight excluding hydrogens is 282 g/mol. The quantitative estimate of drug-likeness (QED) is 0.482. The maximum Gasteiger partial charge on any atom is 0.273 e. The zero-order valence-corrected chi connectivity index (χ0v) is 11.3. The molecule has 0 aromatic heterocycles. The molecule has 20 heavy (non-hydrogen) atoms. The molecule has 0 N–H and O–H groups in total. The van der Waals surface area contributed by atoms with Crippen LogP contribution >= 0.6 is 11.6 Å². The molecule has 0 aliphatic rings. The van der Waals surface area contributed by atoms with Crippen molar-refractivity contribution in [2.24, 2.45) is 0 Å². The van der Waals surface area contributed by atoms with E-state index in [1.54, 1.807) is 25.1 Å². The van der Waals surface area contributed by atoms with Crippen molar-refractivity contribution in [3.05, 3.63) is 62.7 Å². The second-order valence-electron chi connectivity index (χ2n) is 4.12. The van der Waals surface area contributed by atoms with E-state index in [4.69, 9.17) is 16.3 Å². The highest BCUT2D eigenvalue weighted by molar-refractivity contribution is 6.32. The lowest BCUT2D eigenvalue weighted by Crippen LogP contribution is -1.93. The fraction of sp³-hybridized carbons (Fsp3) is 0.0714. The van der Waals surface area contributed by atoms with Gasteiger partial charge in [-0.2, -0.15) is 0 Å². The average molecular weight is 292 g/mol. The van der Waals surface area contributed by atoms with Gasteiger partial charge in [-0.15, -0.1) is 0 Å². The first-order valence-electron chi connectivity index (χ1n) is 5.69. The lowest BCUT2D eigenvalue weighted by atomic mass is 10.1. The fourth-order valence-electron chi connectivity index (χ4n) is 1.66. The number of rotatable bonds is 4. The van der Waals surface area contributed by atoms with E-state index < -0.39 is 4.92 Å². The summed E-state index contributed by atoms with van der Waals surface area (Å²) >= 11 is 5.96. The van der Waals surface area contributed by atoms with E-state index in [2.05, 4.69) is 0 Å². The summed E-state index contributed by atoms with van der Waals surface area (Å²) in [5.41, 5.74) is 1.16. The lowest BCUT2D eigenvalue weighted by Gasteiger charge is -2.10. The first-order chi connectivity index (χ1) is 9.51. The van der Waals surface area contributed by atoms with Gasteiger partial charge >= 0.3 is 0 Å². The van der Waals surface area contributed by atoms with Crippen LogP contribution in [0.1, 0.15) is 15.9 Å². The molecule has 2 aromatic rings. The predicted molar refractivity (Wildman–Crippen MR) is 74.7 cm³/mol. The van der Waals surface area contributed by atoms with Gasteiger partial charge in [0.25, 0.3) is 5.69 Å². The van der Waals surface area contributed by atoms with Crippen molar-refractivity contribution in [3.63, 3.8) is 0 Å². The molecule has 0 saturated carbocycles. The molecule has 0 aliphatic carbocycles.